The summed E-state index contributed by atoms with van der Waals surface area (Å²) >= 11 is 0. The van der Waals surface area contributed by atoms with E-state index in [-0.39, 0.29) is 5.69 Å². The van der Waals surface area contributed by atoms with E-state index in [0.717, 1.165) is 0 Å². The average molecular weight is 300 g/mol. The van der Waals surface area contributed by atoms with Crippen LogP contribution in [0.25, 0.3) is 0 Å². The van der Waals surface area contributed by atoms with Gasteiger partial charge in [-0.15, -0.1) is 0 Å². The largest absolute Gasteiger partial charge is 0.461 e. The van der Waals surface area contributed by atoms with Crippen molar-refractivity contribution in [2.45, 2.75) is 26.8 Å². The zero-order valence-electron chi connectivity index (χ0n) is 12.4. The standard InChI is InChI=1S/C14H16N6O2/c1-3-12-17-9(7-15)6-13(18-12)16-8-10-5-11(20-19-10)14(21)22-4-2/h5-6H,3-4,8H2,1-2H3,(H,19,20)(H,16,17,18). The zero-order valence-corrected chi connectivity index (χ0v) is 12.4. The molecule has 22 heavy (non-hydrogen) atoms. The van der Waals surface area contributed by atoms with Gasteiger partial charge in [-0.05, 0) is 13.0 Å². The highest BCUT2D eigenvalue weighted by molar-refractivity contribution is 5.87. The number of rotatable bonds is 6. The first-order chi connectivity index (χ1) is 10.7. The van der Waals surface area contributed by atoms with Crippen molar-refractivity contribution in [2.75, 3.05) is 11.9 Å². The molecular weight excluding hydrogens is 284 g/mol. The Balaban J connectivity index is 2.04. The van der Waals surface area contributed by atoms with E-state index in [2.05, 4.69) is 25.5 Å². The lowest BCUT2D eigenvalue weighted by Crippen LogP contribution is -2.06. The normalized spacial score (nSPS) is 10.0. The van der Waals surface area contributed by atoms with Gasteiger partial charge in [0.15, 0.2) is 5.69 Å². The van der Waals surface area contributed by atoms with Crippen LogP contribution in [0.5, 0.6) is 0 Å². The van der Waals surface area contributed by atoms with E-state index in [0.29, 0.717) is 42.6 Å². The maximum atomic E-state index is 11.5. The van der Waals surface area contributed by atoms with Crippen LogP contribution in [-0.2, 0) is 17.7 Å². The number of aromatic nitrogens is 4. The Kier molecular flexibility index (Phi) is 5.03. The quantitative estimate of drug-likeness (QED) is 0.775. The summed E-state index contributed by atoms with van der Waals surface area (Å²) in [7, 11) is 0. The molecule has 2 aromatic rings. The summed E-state index contributed by atoms with van der Waals surface area (Å²) in [4.78, 5) is 19.9. The molecule has 0 aliphatic heterocycles. The minimum absolute atomic E-state index is 0.230. The lowest BCUT2D eigenvalue weighted by molar-refractivity contribution is 0.0519. The molecule has 114 valence electrons. The van der Waals surface area contributed by atoms with Crippen molar-refractivity contribution in [3.8, 4) is 6.07 Å². The monoisotopic (exact) mass is 300 g/mol. The molecule has 0 atom stereocenters. The smallest absolute Gasteiger partial charge is 0.358 e. The van der Waals surface area contributed by atoms with Gasteiger partial charge >= 0.3 is 5.97 Å². The summed E-state index contributed by atoms with van der Waals surface area (Å²) < 4.78 is 4.87. The van der Waals surface area contributed by atoms with Crippen LogP contribution < -0.4 is 5.32 Å². The van der Waals surface area contributed by atoms with Gasteiger partial charge in [0.05, 0.1) is 18.8 Å². The summed E-state index contributed by atoms with van der Waals surface area (Å²) in [5, 5.41) is 18.7. The van der Waals surface area contributed by atoms with Gasteiger partial charge in [0.1, 0.15) is 23.4 Å². The number of aryl methyl sites for hydroxylation is 1. The Labute approximate surface area is 127 Å². The van der Waals surface area contributed by atoms with Crippen molar-refractivity contribution < 1.29 is 9.53 Å². The Morgan fingerprint density at radius 1 is 1.41 bits per heavy atom. The van der Waals surface area contributed by atoms with Crippen LogP contribution >= 0.6 is 0 Å². The lowest BCUT2D eigenvalue weighted by Gasteiger charge is -2.05. The van der Waals surface area contributed by atoms with Crippen LogP contribution in [-0.4, -0.2) is 32.7 Å². The molecule has 0 amide bonds. The Bertz CT molecular complexity index is 704. The fraction of sp³-hybridized carbons (Fsp3) is 0.357. The fourth-order valence-electron chi connectivity index (χ4n) is 1.75. The molecule has 2 heterocycles. The Morgan fingerprint density at radius 2 is 2.23 bits per heavy atom. The number of aromatic amines is 1. The highest BCUT2D eigenvalue weighted by Crippen LogP contribution is 2.09. The molecule has 0 unspecified atom stereocenters. The minimum Gasteiger partial charge on any atom is -0.461 e. The van der Waals surface area contributed by atoms with Crippen molar-refractivity contribution >= 4 is 11.8 Å². The van der Waals surface area contributed by atoms with Crippen LogP contribution in [0.1, 0.15) is 41.5 Å². The van der Waals surface area contributed by atoms with Gasteiger partial charge in [-0.25, -0.2) is 14.8 Å². The molecule has 2 N–H and O–H groups in total. The minimum atomic E-state index is -0.466. The van der Waals surface area contributed by atoms with Gasteiger partial charge in [0.25, 0.3) is 0 Å². The Hall–Kier alpha value is -2.95. The summed E-state index contributed by atoms with van der Waals surface area (Å²) in [5.41, 5.74) is 1.25. The molecule has 8 nitrogen and oxygen atoms in total. The number of nitrogens with one attached hydrogen (secondary N) is 2. The number of hydrogen-bond donors (Lipinski definition) is 2. The number of esters is 1. The molecule has 0 saturated carbocycles. The first-order valence-electron chi connectivity index (χ1n) is 6.89. The molecule has 0 fully saturated rings. The van der Waals surface area contributed by atoms with Gasteiger partial charge in [0.2, 0.25) is 0 Å². The van der Waals surface area contributed by atoms with Gasteiger partial charge in [-0.2, -0.15) is 10.4 Å². The molecule has 0 aromatic carbocycles. The number of ether oxygens (including phenoxy) is 1. The third-order valence-electron chi connectivity index (χ3n) is 2.78. The van der Waals surface area contributed by atoms with E-state index >= 15 is 0 Å². The van der Waals surface area contributed by atoms with Crippen molar-refractivity contribution in [3.63, 3.8) is 0 Å². The predicted octanol–water partition coefficient (Wildman–Crippen LogP) is 1.42. The van der Waals surface area contributed by atoms with Crippen molar-refractivity contribution in [1.29, 1.82) is 5.26 Å². The highest BCUT2D eigenvalue weighted by atomic mass is 16.5. The van der Waals surface area contributed by atoms with Crippen molar-refractivity contribution in [2.24, 2.45) is 0 Å². The molecule has 0 bridgehead atoms. The molecule has 2 aromatic heterocycles. The van der Waals surface area contributed by atoms with Crippen molar-refractivity contribution in [3.05, 3.63) is 35.0 Å². The van der Waals surface area contributed by atoms with E-state index < -0.39 is 5.97 Å². The van der Waals surface area contributed by atoms with Crippen LogP contribution in [0, 0.1) is 11.3 Å². The summed E-state index contributed by atoms with van der Waals surface area (Å²) in [6.07, 6.45) is 0.640. The van der Waals surface area contributed by atoms with E-state index in [1.807, 2.05) is 13.0 Å². The number of carbonyl (C=O) groups is 1. The SMILES string of the molecule is CCOC(=O)c1cc(CNc2cc(C#N)nc(CC)n2)[nH]n1. The van der Waals surface area contributed by atoms with Gasteiger partial charge in [-0.1, -0.05) is 6.92 Å². The van der Waals surface area contributed by atoms with Crippen LogP contribution in [0.4, 0.5) is 5.82 Å². The second-order valence-electron chi connectivity index (χ2n) is 4.37. The molecule has 0 aliphatic carbocycles. The van der Waals surface area contributed by atoms with Gasteiger partial charge < -0.3 is 10.1 Å². The number of nitrogens with zero attached hydrogens (tertiary/aromatic N) is 4. The topological polar surface area (TPSA) is 117 Å². The fourth-order valence-corrected chi connectivity index (χ4v) is 1.75. The first kappa shape index (κ1) is 15.4. The molecule has 2 rings (SSSR count). The van der Waals surface area contributed by atoms with Crippen LogP contribution in [0.15, 0.2) is 12.1 Å². The number of carbonyl (C=O) groups excluding carboxylic acids is 1. The van der Waals surface area contributed by atoms with Crippen molar-refractivity contribution in [1.82, 2.24) is 20.2 Å². The zero-order chi connectivity index (χ0) is 15.9. The van der Waals surface area contributed by atoms with Gasteiger partial charge in [0, 0.05) is 12.5 Å². The maximum Gasteiger partial charge on any atom is 0.358 e. The molecule has 8 heteroatoms. The van der Waals surface area contributed by atoms with E-state index in [9.17, 15) is 4.79 Å². The maximum absolute atomic E-state index is 11.5. The molecule has 0 saturated heterocycles. The summed E-state index contributed by atoms with van der Waals surface area (Å²) in [5.74, 6) is 0.682. The second-order valence-corrected chi connectivity index (χ2v) is 4.37. The van der Waals surface area contributed by atoms with Gasteiger partial charge in [-0.3, -0.25) is 5.10 Å². The third kappa shape index (κ3) is 3.79. The summed E-state index contributed by atoms with van der Waals surface area (Å²) in [6, 6.07) is 5.18. The van der Waals surface area contributed by atoms with E-state index in [1.54, 1.807) is 19.1 Å². The first-order valence-corrected chi connectivity index (χ1v) is 6.89. The highest BCUT2D eigenvalue weighted by Gasteiger charge is 2.11. The molecule has 0 spiro atoms. The van der Waals surface area contributed by atoms with Crippen LogP contribution in [0.2, 0.25) is 0 Å². The summed E-state index contributed by atoms with van der Waals surface area (Å²) in [6.45, 7) is 4.34. The second kappa shape index (κ2) is 7.17. The number of anilines is 1. The molecular formula is C14H16N6O2. The average Bonchev–Trinajstić information content (AvgIpc) is 3.02. The predicted molar refractivity (Wildman–Crippen MR) is 78.0 cm³/mol. The van der Waals surface area contributed by atoms with Crippen LogP contribution in [0.3, 0.4) is 0 Å². The Morgan fingerprint density at radius 3 is 2.91 bits per heavy atom. The van der Waals surface area contributed by atoms with E-state index in [1.165, 1.54) is 0 Å². The molecule has 0 radical (unpaired) electrons. The molecule has 0 aliphatic rings. The number of H-pyrrole nitrogens is 1. The van der Waals surface area contributed by atoms with E-state index in [4.69, 9.17) is 10.00 Å². The number of hydrogen-bond acceptors (Lipinski definition) is 7. The number of nitriles is 1. The lowest BCUT2D eigenvalue weighted by atomic mass is 10.3. The third-order valence-corrected chi connectivity index (χ3v) is 2.78.